The van der Waals surface area contributed by atoms with Crippen LogP contribution in [0.1, 0.15) is 44.6 Å². The molecule has 0 bridgehead atoms. The minimum absolute atomic E-state index is 0.180. The van der Waals surface area contributed by atoms with Crippen molar-refractivity contribution in [3.8, 4) is 0 Å². The summed E-state index contributed by atoms with van der Waals surface area (Å²) in [7, 11) is 0. The lowest BCUT2D eigenvalue weighted by Crippen LogP contribution is -2.08. The highest BCUT2D eigenvalue weighted by Gasteiger charge is 2.16. The fourth-order valence-corrected chi connectivity index (χ4v) is 2.44. The lowest BCUT2D eigenvalue weighted by molar-refractivity contribution is -0.143. The number of hydrogen-bond donors (Lipinski definition) is 0. The van der Waals surface area contributed by atoms with Crippen molar-refractivity contribution in [2.24, 2.45) is 4.99 Å². The van der Waals surface area contributed by atoms with Crippen molar-refractivity contribution in [1.82, 2.24) is 0 Å². The first-order valence-corrected chi connectivity index (χ1v) is 7.50. The van der Waals surface area contributed by atoms with Gasteiger partial charge < -0.3 is 4.74 Å². The fourth-order valence-electron chi connectivity index (χ4n) is 2.44. The zero-order valence-electron chi connectivity index (χ0n) is 12.4. The molecule has 1 aromatic rings. The van der Waals surface area contributed by atoms with Crippen molar-refractivity contribution in [3.63, 3.8) is 0 Å². The van der Waals surface area contributed by atoms with Gasteiger partial charge in [-0.2, -0.15) is 0 Å². The number of ether oxygens (including phenoxy) is 1. The molecule has 0 radical (unpaired) electrons. The number of unbranched alkanes of at least 4 members (excludes halogenated alkanes) is 1. The third-order valence-corrected chi connectivity index (χ3v) is 3.46. The number of carbonyl (C=O) groups is 2. The monoisotopic (exact) mass is 287 g/mol. The minimum Gasteiger partial charge on any atom is -0.466 e. The van der Waals surface area contributed by atoms with Gasteiger partial charge in [0.05, 0.1) is 12.3 Å². The number of rotatable bonds is 8. The molecular weight excluding hydrogens is 266 g/mol. The van der Waals surface area contributed by atoms with Gasteiger partial charge in [-0.05, 0) is 31.4 Å². The summed E-state index contributed by atoms with van der Waals surface area (Å²) in [4.78, 5) is 27.6. The fraction of sp³-hybridized carbons (Fsp3) is 0.471. The quantitative estimate of drug-likeness (QED) is 0.544. The van der Waals surface area contributed by atoms with Crippen molar-refractivity contribution in [3.05, 3.63) is 29.8 Å². The average molecular weight is 287 g/mol. The number of carbonyl (C=O) groups excluding carboxylic acids is 2. The number of aliphatic imine (C=N–C) groups is 1. The average Bonchev–Trinajstić information content (AvgIpc) is 2.86. The number of nitrogens with zero attached hydrogens (tertiary/aromatic N) is 1. The Balaban J connectivity index is 1.66. The highest BCUT2D eigenvalue weighted by Crippen LogP contribution is 2.27. The summed E-state index contributed by atoms with van der Waals surface area (Å²) in [5.41, 5.74) is 3.14. The maximum absolute atomic E-state index is 11.9. The van der Waals surface area contributed by atoms with Crippen molar-refractivity contribution in [2.75, 3.05) is 6.61 Å². The smallest absolute Gasteiger partial charge is 0.305 e. The van der Waals surface area contributed by atoms with Crippen molar-refractivity contribution in [2.45, 2.75) is 45.4 Å². The standard InChI is InChI=1S/C17H21NO3/c1-2-21-17(20)10-6-4-8-15(19)12-14-11-13-7-3-5-9-16(13)18-14/h3,5,7,9H,2,4,6,8,10-12H2,1H3. The summed E-state index contributed by atoms with van der Waals surface area (Å²) in [6, 6.07) is 7.98. The van der Waals surface area contributed by atoms with Gasteiger partial charge in [0.25, 0.3) is 0 Å². The first-order chi connectivity index (χ1) is 10.2. The first kappa shape index (κ1) is 15.4. The van der Waals surface area contributed by atoms with E-state index in [1.165, 1.54) is 5.56 Å². The molecule has 112 valence electrons. The van der Waals surface area contributed by atoms with E-state index in [9.17, 15) is 9.59 Å². The molecule has 2 rings (SSSR count). The summed E-state index contributed by atoms with van der Waals surface area (Å²) < 4.78 is 4.85. The molecular formula is C17H21NO3. The van der Waals surface area contributed by atoms with E-state index in [-0.39, 0.29) is 11.8 Å². The van der Waals surface area contributed by atoms with Crippen molar-refractivity contribution >= 4 is 23.2 Å². The Kier molecular flexibility index (Phi) is 5.67. The molecule has 0 saturated carbocycles. The lowest BCUT2D eigenvalue weighted by atomic mass is 10.0. The van der Waals surface area contributed by atoms with Gasteiger partial charge in [-0.25, -0.2) is 0 Å². The second-order valence-corrected chi connectivity index (χ2v) is 5.21. The number of ketones is 1. The third kappa shape index (κ3) is 4.81. The molecule has 1 aliphatic rings. The largest absolute Gasteiger partial charge is 0.466 e. The van der Waals surface area contributed by atoms with E-state index < -0.39 is 0 Å². The van der Waals surface area contributed by atoms with Crippen LogP contribution in [0.25, 0.3) is 0 Å². The summed E-state index contributed by atoms with van der Waals surface area (Å²) in [5.74, 6) is 0.0194. The van der Waals surface area contributed by atoms with E-state index >= 15 is 0 Å². The van der Waals surface area contributed by atoms with Gasteiger partial charge >= 0.3 is 5.97 Å². The van der Waals surface area contributed by atoms with Gasteiger partial charge in [-0.1, -0.05) is 18.2 Å². The number of hydrogen-bond acceptors (Lipinski definition) is 4. The molecule has 0 atom stereocenters. The number of fused-ring (bicyclic) bond motifs is 1. The van der Waals surface area contributed by atoms with E-state index in [0.717, 1.165) is 24.2 Å². The number of benzene rings is 1. The van der Waals surface area contributed by atoms with Gasteiger partial charge in [0, 0.05) is 31.4 Å². The SMILES string of the molecule is CCOC(=O)CCCCC(=O)CC1=Nc2ccccc2C1. The van der Waals surface area contributed by atoms with Crippen LogP contribution < -0.4 is 0 Å². The van der Waals surface area contributed by atoms with Crippen LogP contribution >= 0.6 is 0 Å². The van der Waals surface area contributed by atoms with E-state index in [0.29, 0.717) is 32.3 Å². The molecule has 4 heteroatoms. The van der Waals surface area contributed by atoms with Crippen molar-refractivity contribution < 1.29 is 14.3 Å². The van der Waals surface area contributed by atoms with E-state index in [1.54, 1.807) is 6.92 Å². The van der Waals surface area contributed by atoms with Crippen LogP contribution in [-0.4, -0.2) is 24.1 Å². The summed E-state index contributed by atoms with van der Waals surface area (Å²) >= 11 is 0. The van der Waals surface area contributed by atoms with Crippen LogP contribution in [-0.2, 0) is 20.7 Å². The number of esters is 1. The van der Waals surface area contributed by atoms with Gasteiger partial charge in [-0.3, -0.25) is 14.6 Å². The van der Waals surface area contributed by atoms with E-state index in [4.69, 9.17) is 4.74 Å². The van der Waals surface area contributed by atoms with Crippen LogP contribution in [0, 0.1) is 0 Å². The summed E-state index contributed by atoms with van der Waals surface area (Å²) in [6.07, 6.45) is 3.55. The Hall–Kier alpha value is -1.97. The summed E-state index contributed by atoms with van der Waals surface area (Å²) in [6.45, 7) is 2.21. The maximum atomic E-state index is 11.9. The van der Waals surface area contributed by atoms with Gasteiger partial charge in [-0.15, -0.1) is 0 Å². The molecule has 0 aliphatic carbocycles. The molecule has 1 aromatic carbocycles. The van der Waals surface area contributed by atoms with Crippen molar-refractivity contribution in [1.29, 1.82) is 0 Å². The maximum Gasteiger partial charge on any atom is 0.305 e. The topological polar surface area (TPSA) is 55.7 Å². The summed E-state index contributed by atoms with van der Waals surface area (Å²) in [5, 5.41) is 0. The molecule has 0 spiro atoms. The van der Waals surface area contributed by atoms with Gasteiger partial charge in [0.1, 0.15) is 5.78 Å². The molecule has 4 nitrogen and oxygen atoms in total. The minimum atomic E-state index is -0.180. The predicted octanol–water partition coefficient (Wildman–Crippen LogP) is 3.40. The van der Waals surface area contributed by atoms with E-state index in [2.05, 4.69) is 11.1 Å². The zero-order chi connectivity index (χ0) is 15.1. The Morgan fingerprint density at radius 2 is 1.95 bits per heavy atom. The van der Waals surface area contributed by atoms with Crippen LogP contribution in [0.2, 0.25) is 0 Å². The second-order valence-electron chi connectivity index (χ2n) is 5.21. The van der Waals surface area contributed by atoms with Crippen LogP contribution in [0.3, 0.4) is 0 Å². The Morgan fingerprint density at radius 1 is 1.19 bits per heavy atom. The molecule has 1 heterocycles. The first-order valence-electron chi connectivity index (χ1n) is 7.50. The lowest BCUT2D eigenvalue weighted by Gasteiger charge is -2.02. The molecule has 21 heavy (non-hydrogen) atoms. The molecule has 0 amide bonds. The molecule has 0 saturated heterocycles. The van der Waals surface area contributed by atoms with Crippen LogP contribution in [0.15, 0.2) is 29.3 Å². The Morgan fingerprint density at radius 3 is 2.71 bits per heavy atom. The van der Waals surface area contributed by atoms with Crippen LogP contribution in [0.4, 0.5) is 5.69 Å². The number of para-hydroxylation sites is 1. The van der Waals surface area contributed by atoms with Gasteiger partial charge in [0.2, 0.25) is 0 Å². The molecule has 0 fully saturated rings. The second kappa shape index (κ2) is 7.72. The highest BCUT2D eigenvalue weighted by molar-refractivity contribution is 6.06. The third-order valence-electron chi connectivity index (χ3n) is 3.46. The van der Waals surface area contributed by atoms with E-state index in [1.807, 2.05) is 18.2 Å². The number of Topliss-reactive ketones (excluding diaryl/α,β-unsaturated/α-hetero) is 1. The molecule has 0 aromatic heterocycles. The highest BCUT2D eigenvalue weighted by atomic mass is 16.5. The Bertz CT molecular complexity index is 549. The van der Waals surface area contributed by atoms with Crippen LogP contribution in [0.5, 0.6) is 0 Å². The zero-order valence-corrected chi connectivity index (χ0v) is 12.4. The molecule has 0 unspecified atom stereocenters. The Labute approximate surface area is 125 Å². The normalized spacial score (nSPS) is 12.7. The molecule has 1 aliphatic heterocycles. The predicted molar refractivity (Wildman–Crippen MR) is 82.0 cm³/mol. The van der Waals surface area contributed by atoms with Gasteiger partial charge in [0.15, 0.2) is 0 Å². The molecule has 0 N–H and O–H groups in total.